The molecule has 6 nitrogen and oxygen atoms in total. The van der Waals surface area contributed by atoms with Gasteiger partial charge in [-0.1, -0.05) is 24.3 Å². The van der Waals surface area contributed by atoms with E-state index in [0.717, 1.165) is 42.6 Å². The van der Waals surface area contributed by atoms with Crippen LogP contribution in [-0.4, -0.2) is 33.7 Å². The Morgan fingerprint density at radius 3 is 2.68 bits per heavy atom. The lowest BCUT2D eigenvalue weighted by Crippen LogP contribution is -2.26. The van der Waals surface area contributed by atoms with Gasteiger partial charge in [-0.05, 0) is 43.5 Å². The summed E-state index contributed by atoms with van der Waals surface area (Å²) in [6.45, 7) is 2.08. The van der Waals surface area contributed by atoms with Crippen LogP contribution < -0.4 is 11.1 Å². The van der Waals surface area contributed by atoms with Gasteiger partial charge in [-0.15, -0.1) is 12.4 Å². The van der Waals surface area contributed by atoms with Crippen molar-refractivity contribution in [3.05, 3.63) is 48.4 Å². The van der Waals surface area contributed by atoms with Gasteiger partial charge in [-0.25, -0.2) is 14.8 Å². The Morgan fingerprint density at radius 1 is 1.16 bits per heavy atom. The van der Waals surface area contributed by atoms with Crippen LogP contribution in [0.2, 0.25) is 0 Å². The Hall–Kier alpha value is -2.44. The van der Waals surface area contributed by atoms with Crippen molar-refractivity contribution in [2.24, 2.45) is 5.73 Å². The highest BCUT2D eigenvalue weighted by atomic mass is 35.5. The molecule has 0 saturated carbocycles. The molecule has 2 aromatic heterocycles. The predicted octanol–water partition coefficient (Wildman–Crippen LogP) is 2.91. The molecule has 0 spiro atoms. The number of hydrogen-bond donors (Lipinski definition) is 2. The number of carbonyl (C=O) groups excluding carboxylic acids is 1. The average Bonchev–Trinajstić information content (AvgIpc) is 3.07. The van der Waals surface area contributed by atoms with Crippen LogP contribution in [0, 0.1) is 0 Å². The first-order valence-corrected chi connectivity index (χ1v) is 8.17. The molecule has 1 aliphatic rings. The number of nitrogens with zero attached hydrogens (tertiary/aromatic N) is 3. The summed E-state index contributed by atoms with van der Waals surface area (Å²) in [6, 6.07) is 9.70. The number of nitrogens with one attached hydrogen (secondary N) is 1. The topological polar surface area (TPSA) is 85.8 Å². The average molecular weight is 358 g/mol. The van der Waals surface area contributed by atoms with Gasteiger partial charge in [0.1, 0.15) is 6.33 Å². The van der Waals surface area contributed by atoms with Gasteiger partial charge in [-0.3, -0.25) is 4.57 Å². The zero-order valence-electron chi connectivity index (χ0n) is 13.7. The Bertz CT molecular complexity index is 901. The molecule has 1 fully saturated rings. The zero-order chi connectivity index (χ0) is 16.5. The number of rotatable bonds is 2. The van der Waals surface area contributed by atoms with Crippen LogP contribution in [-0.2, 0) is 0 Å². The molecule has 130 valence electrons. The number of carbonyl (C=O) groups is 1. The van der Waals surface area contributed by atoms with Crippen LogP contribution >= 0.6 is 12.4 Å². The van der Waals surface area contributed by atoms with Crippen LogP contribution in [0.5, 0.6) is 0 Å². The number of piperidine rings is 1. The molecule has 0 bridgehead atoms. The molecule has 3 aromatic rings. The molecular weight excluding hydrogens is 338 g/mol. The monoisotopic (exact) mass is 357 g/mol. The molecular formula is C18H20ClN5O. The standard InChI is InChI=1S/C18H19N5O.ClH/c19-18(24)23-10-7-15-16(21-11-22-17(15)23)14-4-2-1-3-13(14)12-5-8-20-9-6-12;/h1-4,7,10-12,20H,5-6,8-9H2,(H2,19,24);1H. The van der Waals surface area contributed by atoms with Crippen molar-refractivity contribution in [3.63, 3.8) is 0 Å². The maximum absolute atomic E-state index is 11.6. The summed E-state index contributed by atoms with van der Waals surface area (Å²) in [5.41, 5.74) is 9.24. The van der Waals surface area contributed by atoms with E-state index in [1.165, 1.54) is 16.5 Å². The van der Waals surface area contributed by atoms with E-state index in [2.05, 4.69) is 33.5 Å². The van der Waals surface area contributed by atoms with Crippen molar-refractivity contribution >= 4 is 29.5 Å². The third-order valence-corrected chi connectivity index (χ3v) is 4.71. The summed E-state index contributed by atoms with van der Waals surface area (Å²) in [6.07, 6.45) is 5.38. The second kappa shape index (κ2) is 7.21. The van der Waals surface area contributed by atoms with Crippen LogP contribution in [0.3, 0.4) is 0 Å². The molecule has 1 aromatic carbocycles. The summed E-state index contributed by atoms with van der Waals surface area (Å²) in [5.74, 6) is 0.519. The summed E-state index contributed by atoms with van der Waals surface area (Å²) in [7, 11) is 0. The SMILES string of the molecule is Cl.NC(=O)n1ccc2c(-c3ccccc3C3CCNCC3)ncnc21. The lowest BCUT2D eigenvalue weighted by Gasteiger charge is -2.25. The van der Waals surface area contributed by atoms with E-state index in [4.69, 9.17) is 5.73 Å². The van der Waals surface area contributed by atoms with E-state index >= 15 is 0 Å². The minimum Gasteiger partial charge on any atom is -0.351 e. The summed E-state index contributed by atoms with van der Waals surface area (Å²) in [5, 5.41) is 4.25. The minimum atomic E-state index is -0.540. The van der Waals surface area contributed by atoms with E-state index in [1.54, 1.807) is 6.20 Å². The molecule has 3 heterocycles. The van der Waals surface area contributed by atoms with Crippen molar-refractivity contribution in [1.82, 2.24) is 19.9 Å². The van der Waals surface area contributed by atoms with Crippen LogP contribution in [0.15, 0.2) is 42.9 Å². The fraction of sp³-hybridized carbons (Fsp3) is 0.278. The van der Waals surface area contributed by atoms with Crippen molar-refractivity contribution in [1.29, 1.82) is 0 Å². The molecule has 0 atom stereocenters. The van der Waals surface area contributed by atoms with Crippen LogP contribution in [0.4, 0.5) is 4.79 Å². The van der Waals surface area contributed by atoms with E-state index in [9.17, 15) is 4.79 Å². The molecule has 1 amide bonds. The molecule has 1 aliphatic heterocycles. The number of primary amides is 1. The fourth-order valence-electron chi connectivity index (χ4n) is 3.55. The highest BCUT2D eigenvalue weighted by Gasteiger charge is 2.21. The third kappa shape index (κ3) is 3.10. The Balaban J connectivity index is 0.00000182. The fourth-order valence-corrected chi connectivity index (χ4v) is 3.55. The van der Waals surface area contributed by atoms with Crippen LogP contribution in [0.25, 0.3) is 22.3 Å². The molecule has 1 saturated heterocycles. The molecule has 0 aliphatic carbocycles. The van der Waals surface area contributed by atoms with E-state index in [1.807, 2.05) is 12.1 Å². The van der Waals surface area contributed by atoms with Gasteiger partial charge in [0, 0.05) is 17.1 Å². The second-order valence-electron chi connectivity index (χ2n) is 6.10. The van der Waals surface area contributed by atoms with Gasteiger partial charge in [0.05, 0.1) is 5.69 Å². The van der Waals surface area contributed by atoms with E-state index in [-0.39, 0.29) is 12.4 Å². The normalized spacial score (nSPS) is 15.0. The summed E-state index contributed by atoms with van der Waals surface area (Å²) < 4.78 is 1.35. The summed E-state index contributed by atoms with van der Waals surface area (Å²) >= 11 is 0. The Kier molecular flexibility index (Phi) is 5.01. The number of amides is 1. The van der Waals surface area contributed by atoms with Crippen molar-refractivity contribution in [3.8, 4) is 11.3 Å². The van der Waals surface area contributed by atoms with Crippen molar-refractivity contribution in [2.45, 2.75) is 18.8 Å². The number of hydrogen-bond acceptors (Lipinski definition) is 4. The molecule has 4 rings (SSSR count). The third-order valence-electron chi connectivity index (χ3n) is 4.71. The van der Waals surface area contributed by atoms with E-state index in [0.29, 0.717) is 11.6 Å². The van der Waals surface area contributed by atoms with Gasteiger partial charge in [0.15, 0.2) is 5.65 Å². The van der Waals surface area contributed by atoms with Gasteiger partial charge in [-0.2, -0.15) is 0 Å². The number of nitrogens with two attached hydrogens (primary N) is 1. The van der Waals surface area contributed by atoms with Crippen molar-refractivity contribution in [2.75, 3.05) is 13.1 Å². The van der Waals surface area contributed by atoms with Gasteiger partial charge in [0.2, 0.25) is 0 Å². The summed E-state index contributed by atoms with van der Waals surface area (Å²) in [4.78, 5) is 20.3. The molecule has 0 radical (unpaired) electrons. The number of benzene rings is 1. The second-order valence-corrected chi connectivity index (χ2v) is 6.10. The molecule has 7 heteroatoms. The van der Waals surface area contributed by atoms with Gasteiger partial charge >= 0.3 is 6.03 Å². The number of fused-ring (bicyclic) bond motifs is 1. The van der Waals surface area contributed by atoms with Gasteiger partial charge in [0.25, 0.3) is 0 Å². The predicted molar refractivity (Wildman–Crippen MR) is 100 cm³/mol. The first-order chi connectivity index (χ1) is 11.8. The Morgan fingerprint density at radius 2 is 1.92 bits per heavy atom. The smallest absolute Gasteiger partial charge is 0.324 e. The quantitative estimate of drug-likeness (QED) is 0.738. The van der Waals surface area contributed by atoms with Crippen LogP contribution in [0.1, 0.15) is 24.3 Å². The first kappa shape index (κ1) is 17.4. The largest absolute Gasteiger partial charge is 0.351 e. The first-order valence-electron chi connectivity index (χ1n) is 8.17. The molecule has 25 heavy (non-hydrogen) atoms. The minimum absolute atomic E-state index is 0. The highest BCUT2D eigenvalue weighted by Crippen LogP contribution is 2.35. The Labute approximate surface area is 151 Å². The van der Waals surface area contributed by atoms with Gasteiger partial charge < -0.3 is 11.1 Å². The lowest BCUT2D eigenvalue weighted by atomic mass is 9.86. The lowest BCUT2D eigenvalue weighted by molar-refractivity contribution is 0.251. The van der Waals surface area contributed by atoms with Crippen molar-refractivity contribution < 1.29 is 4.79 Å². The maximum Gasteiger partial charge on any atom is 0.324 e. The molecule has 0 unspecified atom stereocenters. The molecule has 3 N–H and O–H groups in total. The highest BCUT2D eigenvalue weighted by molar-refractivity contribution is 5.96. The maximum atomic E-state index is 11.6. The number of aromatic nitrogens is 3. The zero-order valence-corrected chi connectivity index (χ0v) is 14.5. The van der Waals surface area contributed by atoms with E-state index < -0.39 is 6.03 Å². The number of halogens is 1.